The normalized spacial score (nSPS) is 15.7. The van der Waals surface area contributed by atoms with Gasteiger partial charge in [0.1, 0.15) is 24.8 Å². The Morgan fingerprint density at radius 2 is 1.50 bits per heavy atom. The highest BCUT2D eigenvalue weighted by molar-refractivity contribution is 6.05. The van der Waals surface area contributed by atoms with E-state index in [-0.39, 0.29) is 28.9 Å². The van der Waals surface area contributed by atoms with Crippen LogP contribution in [0, 0.1) is 5.41 Å². The Kier molecular flexibility index (Phi) is 5.23. The Balaban J connectivity index is 1.63. The number of phenols is 1. The highest BCUT2D eigenvalue weighted by Gasteiger charge is 2.31. The van der Waals surface area contributed by atoms with Crippen molar-refractivity contribution in [1.82, 2.24) is 4.90 Å². The number of carbonyl (C=O) groups is 1. The molecule has 2 aliphatic heterocycles. The number of ether oxygens (including phenoxy) is 2. The van der Waals surface area contributed by atoms with E-state index in [9.17, 15) is 9.90 Å². The van der Waals surface area contributed by atoms with Gasteiger partial charge in [-0.1, -0.05) is 41.5 Å². The van der Waals surface area contributed by atoms with Crippen molar-refractivity contribution in [3.05, 3.63) is 52.1 Å². The Morgan fingerprint density at radius 1 is 0.969 bits per heavy atom. The van der Waals surface area contributed by atoms with Crippen LogP contribution in [-0.2, 0) is 17.4 Å². The highest BCUT2D eigenvalue weighted by atomic mass is 16.6. The van der Waals surface area contributed by atoms with Gasteiger partial charge in [0.15, 0.2) is 17.3 Å². The fraction of sp³-hybridized carbons (Fsp3) is 0.462. The minimum atomic E-state index is -0.309. The Labute approximate surface area is 189 Å². The molecule has 0 saturated heterocycles. The van der Waals surface area contributed by atoms with Crippen LogP contribution >= 0.6 is 0 Å². The zero-order valence-corrected chi connectivity index (χ0v) is 19.8. The van der Waals surface area contributed by atoms with E-state index in [1.807, 2.05) is 53.7 Å². The number of hydrogen-bond acceptors (Lipinski definition) is 5. The van der Waals surface area contributed by atoms with Crippen LogP contribution < -0.4 is 9.47 Å². The summed E-state index contributed by atoms with van der Waals surface area (Å²) in [5.74, 6) is 1.84. The van der Waals surface area contributed by atoms with E-state index in [4.69, 9.17) is 14.9 Å². The first-order chi connectivity index (χ1) is 14.9. The first-order valence-corrected chi connectivity index (χ1v) is 11.0. The summed E-state index contributed by atoms with van der Waals surface area (Å²) < 4.78 is 11.3. The number of carbonyl (C=O) groups excluding carboxylic acids is 1. The van der Waals surface area contributed by atoms with Gasteiger partial charge >= 0.3 is 0 Å². The number of nitrogens with zero attached hydrogens (tertiary/aromatic N) is 1. The topological polar surface area (TPSA) is 82.9 Å². The predicted octanol–water partition coefficient (Wildman–Crippen LogP) is 4.78. The summed E-state index contributed by atoms with van der Waals surface area (Å²) >= 11 is 0. The molecule has 2 heterocycles. The van der Waals surface area contributed by atoms with Gasteiger partial charge < -0.3 is 19.5 Å². The first-order valence-electron chi connectivity index (χ1n) is 11.0. The molecule has 0 aliphatic carbocycles. The van der Waals surface area contributed by atoms with E-state index in [2.05, 4.69) is 0 Å². The zero-order chi connectivity index (χ0) is 23.4. The van der Waals surface area contributed by atoms with Gasteiger partial charge in [0.2, 0.25) is 0 Å². The molecule has 4 rings (SSSR count). The highest BCUT2D eigenvalue weighted by Crippen LogP contribution is 2.40. The zero-order valence-electron chi connectivity index (χ0n) is 19.8. The number of hydrogen-bond donors (Lipinski definition) is 2. The van der Waals surface area contributed by atoms with E-state index in [1.165, 1.54) is 0 Å². The molecular formula is C26H32N2O4. The van der Waals surface area contributed by atoms with Crippen molar-refractivity contribution >= 4 is 11.6 Å². The fourth-order valence-electron chi connectivity index (χ4n) is 4.28. The van der Waals surface area contributed by atoms with Crippen LogP contribution in [0.3, 0.4) is 0 Å². The van der Waals surface area contributed by atoms with Gasteiger partial charge in [0.25, 0.3) is 0 Å². The third-order valence-corrected chi connectivity index (χ3v) is 6.08. The maximum atomic E-state index is 13.4. The van der Waals surface area contributed by atoms with Crippen molar-refractivity contribution in [3.8, 4) is 17.2 Å². The summed E-state index contributed by atoms with van der Waals surface area (Å²) in [6.07, 6.45) is 0. The van der Waals surface area contributed by atoms with E-state index in [0.29, 0.717) is 42.7 Å². The second kappa shape index (κ2) is 7.54. The molecule has 0 radical (unpaired) electrons. The lowest BCUT2D eigenvalue weighted by Gasteiger charge is -2.28. The number of ketones is 1. The van der Waals surface area contributed by atoms with Crippen molar-refractivity contribution in [3.63, 3.8) is 0 Å². The quantitative estimate of drug-likeness (QED) is 0.677. The molecule has 0 spiro atoms. The standard InChI is InChI=1S/C26H32N2O4/c1-25(2,3)18-9-15(10-19(23(18)30)26(4,5)6)20(29)14-28-13-16-11-21-22(32-8-7-31-21)12-17(16)24(28)27/h9-12,27,30H,7-8,13-14H2,1-6H3. The molecule has 6 nitrogen and oxygen atoms in total. The molecule has 170 valence electrons. The Morgan fingerprint density at radius 3 is 2.03 bits per heavy atom. The number of amidine groups is 1. The lowest BCUT2D eigenvalue weighted by atomic mass is 9.78. The van der Waals surface area contributed by atoms with E-state index >= 15 is 0 Å². The van der Waals surface area contributed by atoms with Crippen LogP contribution in [0.5, 0.6) is 17.2 Å². The minimum absolute atomic E-state index is 0.0733. The van der Waals surface area contributed by atoms with Gasteiger partial charge in [-0.3, -0.25) is 10.2 Å². The van der Waals surface area contributed by atoms with Gasteiger partial charge in [-0.05, 0) is 40.7 Å². The largest absolute Gasteiger partial charge is 0.507 e. The average molecular weight is 437 g/mol. The van der Waals surface area contributed by atoms with Crippen LogP contribution in [0.1, 0.15) is 74.2 Å². The van der Waals surface area contributed by atoms with Crippen molar-refractivity contribution in [2.75, 3.05) is 19.8 Å². The number of phenolic OH excluding ortho intramolecular Hbond substituents is 1. The second-order valence-electron chi connectivity index (χ2n) is 10.7. The van der Waals surface area contributed by atoms with Crippen LogP contribution in [0.25, 0.3) is 0 Å². The van der Waals surface area contributed by atoms with Crippen LogP contribution in [0.15, 0.2) is 24.3 Å². The van der Waals surface area contributed by atoms with Crippen molar-refractivity contribution < 1.29 is 19.4 Å². The smallest absolute Gasteiger partial charge is 0.182 e. The molecular weight excluding hydrogens is 404 g/mol. The van der Waals surface area contributed by atoms with E-state index in [0.717, 1.165) is 22.3 Å². The number of rotatable bonds is 3. The summed E-state index contributed by atoms with van der Waals surface area (Å²) in [4.78, 5) is 15.1. The third kappa shape index (κ3) is 3.94. The maximum absolute atomic E-state index is 13.4. The molecule has 6 heteroatoms. The lowest BCUT2D eigenvalue weighted by molar-refractivity contribution is 0.0962. The van der Waals surface area contributed by atoms with Crippen LogP contribution in [0.4, 0.5) is 0 Å². The predicted molar refractivity (Wildman–Crippen MR) is 125 cm³/mol. The molecule has 0 aromatic heterocycles. The van der Waals surface area contributed by atoms with Crippen molar-refractivity contribution in [1.29, 1.82) is 5.41 Å². The van der Waals surface area contributed by atoms with Crippen LogP contribution in [-0.4, -0.2) is 41.4 Å². The van der Waals surface area contributed by atoms with Gasteiger partial charge in [-0.25, -0.2) is 0 Å². The first kappa shape index (κ1) is 22.2. The lowest BCUT2D eigenvalue weighted by Crippen LogP contribution is -2.30. The second-order valence-corrected chi connectivity index (χ2v) is 10.7. The van der Waals surface area contributed by atoms with Crippen molar-refractivity contribution in [2.45, 2.75) is 58.9 Å². The molecule has 0 atom stereocenters. The number of aromatic hydroxyl groups is 1. The molecule has 0 amide bonds. The number of fused-ring (bicyclic) bond motifs is 2. The summed E-state index contributed by atoms with van der Waals surface area (Å²) in [5, 5.41) is 19.6. The van der Waals surface area contributed by atoms with Crippen molar-refractivity contribution in [2.24, 2.45) is 0 Å². The Hall–Kier alpha value is -3.02. The van der Waals surface area contributed by atoms with E-state index in [1.54, 1.807) is 17.0 Å². The van der Waals surface area contributed by atoms with Gasteiger partial charge in [-0.2, -0.15) is 0 Å². The molecule has 2 aromatic carbocycles. The van der Waals surface area contributed by atoms with Gasteiger partial charge in [0, 0.05) is 28.8 Å². The SMILES string of the molecule is CC(C)(C)c1cc(C(=O)CN2Cc3cc4c(cc3C2=N)OCCO4)cc(C(C)(C)C)c1O. The summed E-state index contributed by atoms with van der Waals surface area (Å²) in [6.45, 7) is 13.8. The monoisotopic (exact) mass is 436 g/mol. The fourth-order valence-corrected chi connectivity index (χ4v) is 4.28. The van der Waals surface area contributed by atoms with E-state index < -0.39 is 0 Å². The summed E-state index contributed by atoms with van der Waals surface area (Å²) in [5.41, 5.74) is 3.20. The molecule has 2 N–H and O–H groups in total. The molecule has 0 fully saturated rings. The molecule has 0 unspecified atom stereocenters. The number of Topliss-reactive ketones (excluding diaryl/α,β-unsaturated/α-hetero) is 1. The molecule has 0 bridgehead atoms. The summed E-state index contributed by atoms with van der Waals surface area (Å²) in [6, 6.07) is 7.37. The summed E-state index contributed by atoms with van der Waals surface area (Å²) in [7, 11) is 0. The maximum Gasteiger partial charge on any atom is 0.182 e. The average Bonchev–Trinajstić information content (AvgIpc) is 2.99. The Bertz CT molecular complexity index is 1070. The third-order valence-electron chi connectivity index (χ3n) is 6.08. The minimum Gasteiger partial charge on any atom is -0.507 e. The van der Waals surface area contributed by atoms with Gasteiger partial charge in [-0.15, -0.1) is 0 Å². The molecule has 2 aromatic rings. The number of benzene rings is 2. The van der Waals surface area contributed by atoms with Crippen LogP contribution in [0.2, 0.25) is 0 Å². The molecule has 2 aliphatic rings. The molecule has 32 heavy (non-hydrogen) atoms. The molecule has 0 saturated carbocycles. The number of nitrogens with one attached hydrogen (secondary N) is 1. The van der Waals surface area contributed by atoms with Gasteiger partial charge in [0.05, 0.1) is 6.54 Å².